The molecule has 4 fully saturated rings. The molecule has 4 rings (SSSR count). The van der Waals surface area contributed by atoms with Crippen molar-refractivity contribution in [3.8, 4) is 0 Å². The third-order valence-corrected chi connectivity index (χ3v) is 14.2. The number of fused-ring (bicyclic) bond motifs is 5. The largest absolute Gasteiger partial charge is 0.469 e. The maximum atomic E-state index is 12.1. The Morgan fingerprint density at radius 3 is 2.33 bits per heavy atom. The highest BCUT2D eigenvalue weighted by atomic mass is 31.2. The van der Waals surface area contributed by atoms with E-state index in [1.165, 1.54) is 51.4 Å². The van der Waals surface area contributed by atoms with Crippen LogP contribution in [0.2, 0.25) is 0 Å². The molecule has 0 bridgehead atoms. The summed E-state index contributed by atoms with van der Waals surface area (Å²) in [4.78, 5) is 31.7. The standard InChI is InChI=1S/C37H66NO6P/c1-25(2)11-10-12-27(5)31-15-16-32-30-14-13-29-23-34(44-45(40,41)42)28(24-37(29,7)33(30)17-19-36(31,32)6)18-20-38(8,9)21-22-43-35(39)26(3)4/h25,27-34H,3,10-24H2,1-2,4-9H3,(H-,40,41,42)/p+1/t27-,28?,29-,30+,31-,32+,33+,34?,36-,37+/m1/s1. The summed E-state index contributed by atoms with van der Waals surface area (Å²) in [6, 6.07) is 0. The van der Waals surface area contributed by atoms with Crippen LogP contribution in [0.15, 0.2) is 12.2 Å². The first-order valence-electron chi connectivity index (χ1n) is 18.2. The summed E-state index contributed by atoms with van der Waals surface area (Å²) in [6.07, 6.45) is 14.0. The van der Waals surface area contributed by atoms with Crippen molar-refractivity contribution < 1.29 is 32.9 Å². The lowest BCUT2D eigenvalue weighted by Gasteiger charge is -2.62. The number of phosphoric ester groups is 1. The lowest BCUT2D eigenvalue weighted by Crippen LogP contribution is -2.56. The maximum absolute atomic E-state index is 12.1. The van der Waals surface area contributed by atoms with Gasteiger partial charge in [0.15, 0.2) is 0 Å². The van der Waals surface area contributed by atoms with Gasteiger partial charge in [-0.2, -0.15) is 0 Å². The minimum Gasteiger partial charge on any atom is -0.456 e. The van der Waals surface area contributed by atoms with Crippen molar-refractivity contribution >= 4 is 13.8 Å². The van der Waals surface area contributed by atoms with Crippen molar-refractivity contribution in [2.24, 2.45) is 58.2 Å². The summed E-state index contributed by atoms with van der Waals surface area (Å²) in [7, 11) is -0.320. The SMILES string of the molecule is C=C(C)C(=O)OCC[N+](C)(C)CCC1C[C@@]2(C)[C@H](CC[C@@H]3[C@@H]2CC[C@]2(C)[C@@H]([C@H](C)CCCC(C)C)CC[C@@H]32)CC1OP(=O)(O)O. The van der Waals surface area contributed by atoms with Crippen LogP contribution in [0.3, 0.4) is 0 Å². The van der Waals surface area contributed by atoms with E-state index in [1.807, 2.05) is 0 Å². The topological polar surface area (TPSA) is 93.1 Å². The lowest BCUT2D eigenvalue weighted by atomic mass is 9.43. The monoisotopic (exact) mass is 652 g/mol. The van der Waals surface area contributed by atoms with Crippen molar-refractivity contribution in [3.63, 3.8) is 0 Å². The zero-order chi connectivity index (χ0) is 33.4. The number of quaternary nitrogens is 1. The predicted octanol–water partition coefficient (Wildman–Crippen LogP) is 8.40. The van der Waals surface area contributed by atoms with Gasteiger partial charge < -0.3 is 19.0 Å². The highest BCUT2D eigenvalue weighted by Crippen LogP contribution is 2.69. The number of nitrogens with zero attached hydrogens (tertiary/aromatic N) is 1. The molecule has 4 saturated carbocycles. The summed E-state index contributed by atoms with van der Waals surface area (Å²) >= 11 is 0. The van der Waals surface area contributed by atoms with E-state index in [0.717, 1.165) is 61.8 Å². The highest BCUT2D eigenvalue weighted by molar-refractivity contribution is 7.46. The van der Waals surface area contributed by atoms with Crippen LogP contribution in [-0.4, -0.2) is 60.1 Å². The average molecular weight is 653 g/mol. The van der Waals surface area contributed by atoms with Crippen LogP contribution in [0.4, 0.5) is 0 Å². The molecule has 0 saturated heterocycles. The normalized spacial score (nSPS) is 37.4. The van der Waals surface area contributed by atoms with Crippen LogP contribution in [0.1, 0.15) is 119 Å². The summed E-state index contributed by atoms with van der Waals surface area (Å²) in [5.41, 5.74) is 1.04. The first-order chi connectivity index (χ1) is 20.9. The molecule has 2 N–H and O–H groups in total. The molecule has 0 spiro atoms. The minimum absolute atomic E-state index is 0.0959. The van der Waals surface area contributed by atoms with Gasteiger partial charge in [0.25, 0.3) is 0 Å². The fraction of sp³-hybridized carbons (Fsp3) is 0.919. The van der Waals surface area contributed by atoms with E-state index in [2.05, 4.69) is 55.3 Å². The van der Waals surface area contributed by atoms with E-state index in [4.69, 9.17) is 9.26 Å². The van der Waals surface area contributed by atoms with E-state index in [0.29, 0.717) is 40.5 Å². The van der Waals surface area contributed by atoms with Crippen molar-refractivity contribution in [2.45, 2.75) is 125 Å². The van der Waals surface area contributed by atoms with Crippen molar-refractivity contribution in [1.29, 1.82) is 0 Å². The molecule has 4 aliphatic carbocycles. The molecular weight excluding hydrogens is 585 g/mol. The van der Waals surface area contributed by atoms with Gasteiger partial charge in [0.1, 0.15) is 13.2 Å². The van der Waals surface area contributed by atoms with Crippen LogP contribution in [0.5, 0.6) is 0 Å². The molecule has 0 aromatic heterocycles. The van der Waals surface area contributed by atoms with Crippen LogP contribution in [0, 0.1) is 58.2 Å². The van der Waals surface area contributed by atoms with Crippen molar-refractivity contribution in [1.82, 2.24) is 0 Å². The van der Waals surface area contributed by atoms with Gasteiger partial charge in [-0.05, 0) is 116 Å². The Morgan fingerprint density at radius 2 is 1.69 bits per heavy atom. The molecule has 0 heterocycles. The van der Waals surface area contributed by atoms with Gasteiger partial charge in [-0.15, -0.1) is 0 Å². The van der Waals surface area contributed by atoms with E-state index in [-0.39, 0.29) is 17.3 Å². The second kappa shape index (κ2) is 14.4. The van der Waals surface area contributed by atoms with Crippen LogP contribution >= 0.6 is 7.82 Å². The van der Waals surface area contributed by atoms with Gasteiger partial charge in [0.2, 0.25) is 0 Å². The average Bonchev–Trinajstić information content (AvgIpc) is 3.28. The van der Waals surface area contributed by atoms with Gasteiger partial charge in [0, 0.05) is 12.0 Å². The molecule has 10 atom stereocenters. The molecule has 45 heavy (non-hydrogen) atoms. The molecule has 8 heteroatoms. The first-order valence-corrected chi connectivity index (χ1v) is 19.8. The molecule has 0 aromatic carbocycles. The molecule has 0 radical (unpaired) electrons. The number of likely N-dealkylation sites (N-methyl/N-ethyl adjacent to an activating group) is 1. The fourth-order valence-electron chi connectivity index (χ4n) is 11.2. The van der Waals surface area contributed by atoms with Gasteiger partial charge in [-0.1, -0.05) is 60.5 Å². The number of carbonyl (C=O) groups excluding carboxylic acids is 1. The summed E-state index contributed by atoms with van der Waals surface area (Å²) in [5.74, 6) is 4.89. The smallest absolute Gasteiger partial charge is 0.456 e. The number of phosphoric acid groups is 1. The summed E-state index contributed by atoms with van der Waals surface area (Å²) < 4.78 is 23.8. The molecule has 0 aromatic rings. The quantitative estimate of drug-likeness (QED) is 0.0848. The Hall–Kier alpha value is -0.720. The molecule has 0 aliphatic heterocycles. The Morgan fingerprint density at radius 1 is 1.00 bits per heavy atom. The van der Waals surface area contributed by atoms with Gasteiger partial charge in [-0.3, -0.25) is 4.52 Å². The van der Waals surface area contributed by atoms with Crippen LogP contribution < -0.4 is 0 Å². The summed E-state index contributed by atoms with van der Waals surface area (Å²) in [6.45, 7) is 19.6. The number of rotatable bonds is 14. The Kier molecular flexibility index (Phi) is 11.9. The van der Waals surface area contributed by atoms with Crippen molar-refractivity contribution in [3.05, 3.63) is 12.2 Å². The van der Waals surface area contributed by atoms with Gasteiger partial charge in [0.05, 0.1) is 26.7 Å². The van der Waals surface area contributed by atoms with E-state index in [9.17, 15) is 19.1 Å². The third kappa shape index (κ3) is 8.66. The molecule has 260 valence electrons. The third-order valence-electron chi connectivity index (χ3n) is 13.7. The minimum atomic E-state index is -4.60. The predicted molar refractivity (Wildman–Crippen MR) is 181 cm³/mol. The Balaban J connectivity index is 1.46. The Labute approximate surface area is 275 Å². The number of esters is 1. The lowest BCUT2D eigenvalue weighted by molar-refractivity contribution is -0.891. The van der Waals surface area contributed by atoms with Crippen LogP contribution in [-0.2, 0) is 18.6 Å². The molecular formula is C37H67NO6P+. The van der Waals surface area contributed by atoms with E-state index < -0.39 is 13.9 Å². The fourth-order valence-corrected chi connectivity index (χ4v) is 11.8. The Bertz CT molecular complexity index is 1090. The number of hydrogen-bond donors (Lipinski definition) is 2. The second-order valence-electron chi connectivity index (χ2n) is 17.6. The number of ether oxygens (including phenoxy) is 1. The molecule has 4 aliphatic rings. The molecule has 0 amide bonds. The zero-order valence-electron chi connectivity index (χ0n) is 29.9. The first kappa shape index (κ1) is 37.1. The van der Waals surface area contributed by atoms with Crippen molar-refractivity contribution in [2.75, 3.05) is 33.8 Å². The summed E-state index contributed by atoms with van der Waals surface area (Å²) in [5, 5.41) is 0. The number of hydrogen-bond acceptors (Lipinski definition) is 4. The maximum Gasteiger partial charge on any atom is 0.469 e. The van der Waals surface area contributed by atoms with Gasteiger partial charge in [-0.25, -0.2) is 9.36 Å². The molecule has 2 unspecified atom stereocenters. The van der Waals surface area contributed by atoms with E-state index in [1.54, 1.807) is 6.92 Å². The van der Waals surface area contributed by atoms with Crippen LogP contribution in [0.25, 0.3) is 0 Å². The highest BCUT2D eigenvalue weighted by Gasteiger charge is 2.61. The van der Waals surface area contributed by atoms with Gasteiger partial charge >= 0.3 is 13.8 Å². The zero-order valence-corrected chi connectivity index (χ0v) is 30.8. The second-order valence-corrected chi connectivity index (χ2v) is 18.8. The van der Waals surface area contributed by atoms with E-state index >= 15 is 0 Å². The number of carbonyl (C=O) groups is 1. The molecule has 7 nitrogen and oxygen atoms in total.